The van der Waals surface area contributed by atoms with Crippen LogP contribution in [0.5, 0.6) is 11.5 Å². The molecule has 0 bridgehead atoms. The van der Waals surface area contributed by atoms with Crippen LogP contribution in [0.4, 0.5) is 0 Å². The zero-order valence-corrected chi connectivity index (χ0v) is 15.4. The smallest absolute Gasteiger partial charge is 0.157 e. The number of hydrogen-bond donors (Lipinski definition) is 0. The first-order valence-electron chi connectivity index (χ1n) is 9.11. The first-order valence-corrected chi connectivity index (χ1v) is 9.11. The Bertz CT molecular complexity index is 795. The van der Waals surface area contributed by atoms with Crippen LogP contribution in [-0.2, 0) is 6.54 Å². The summed E-state index contributed by atoms with van der Waals surface area (Å²) >= 11 is 0. The summed E-state index contributed by atoms with van der Waals surface area (Å²) in [5.41, 5.74) is 4.18. The molecule has 0 aliphatic heterocycles. The van der Waals surface area contributed by atoms with E-state index < -0.39 is 0 Å². The highest BCUT2D eigenvalue weighted by Gasteiger charge is 2.19. The third-order valence-corrected chi connectivity index (χ3v) is 4.70. The molecule has 0 saturated carbocycles. The van der Waals surface area contributed by atoms with Crippen molar-refractivity contribution in [3.8, 4) is 11.5 Å². The van der Waals surface area contributed by atoms with Gasteiger partial charge in [-0.15, -0.1) is 0 Å². The van der Waals surface area contributed by atoms with E-state index in [1.165, 1.54) is 36.6 Å². The second-order valence-corrected chi connectivity index (χ2v) is 6.39. The summed E-state index contributed by atoms with van der Waals surface area (Å²) in [6, 6.07) is 2.08. The van der Waals surface area contributed by atoms with Gasteiger partial charge in [-0.2, -0.15) is 5.10 Å². The summed E-state index contributed by atoms with van der Waals surface area (Å²) in [4.78, 5) is 15.5. The number of methoxy groups -OCH3 is 1. The number of aromatic nitrogens is 3. The highest BCUT2D eigenvalue weighted by molar-refractivity contribution is 5.83. The number of aryl methyl sites for hydroxylation is 1. The van der Waals surface area contributed by atoms with Gasteiger partial charge in [0.2, 0.25) is 0 Å². The fourth-order valence-electron chi connectivity index (χ4n) is 3.41. The maximum absolute atomic E-state index is 11.4. The van der Waals surface area contributed by atoms with Crippen LogP contribution in [0.1, 0.15) is 55.1 Å². The van der Waals surface area contributed by atoms with Crippen LogP contribution in [0.25, 0.3) is 5.57 Å². The molecule has 0 aromatic carbocycles. The molecule has 0 atom stereocenters. The van der Waals surface area contributed by atoms with E-state index in [-0.39, 0.29) is 0 Å². The van der Waals surface area contributed by atoms with Gasteiger partial charge in [0.1, 0.15) is 12.2 Å². The Labute approximate surface area is 153 Å². The van der Waals surface area contributed by atoms with Gasteiger partial charge in [0, 0.05) is 12.7 Å². The quantitative estimate of drug-likeness (QED) is 0.672. The third kappa shape index (κ3) is 3.79. The summed E-state index contributed by atoms with van der Waals surface area (Å²) < 4.78 is 13.2. The molecule has 6 nitrogen and oxygen atoms in total. The molecule has 26 heavy (non-hydrogen) atoms. The van der Waals surface area contributed by atoms with Crippen molar-refractivity contribution >= 4 is 11.9 Å². The Kier molecular flexibility index (Phi) is 6.04. The summed E-state index contributed by atoms with van der Waals surface area (Å²) in [5.74, 6) is 0.884. The van der Waals surface area contributed by atoms with Crippen molar-refractivity contribution in [3.63, 3.8) is 0 Å². The molecule has 0 saturated heterocycles. The van der Waals surface area contributed by atoms with E-state index in [1.54, 1.807) is 6.20 Å². The fraction of sp³-hybridized carbons (Fsp3) is 0.450. The van der Waals surface area contributed by atoms with Crippen molar-refractivity contribution in [2.24, 2.45) is 0 Å². The molecule has 1 aliphatic carbocycles. The lowest BCUT2D eigenvalue weighted by molar-refractivity contribution is 0.111. The Balaban J connectivity index is 1.86. The number of allylic oxidation sites excluding steroid dienone is 1. The predicted molar refractivity (Wildman–Crippen MR) is 99.6 cm³/mol. The maximum atomic E-state index is 11.4. The molecular weight excluding hydrogens is 330 g/mol. The lowest BCUT2D eigenvalue weighted by Gasteiger charge is -2.22. The first kappa shape index (κ1) is 18.2. The van der Waals surface area contributed by atoms with Crippen molar-refractivity contribution in [2.45, 2.75) is 45.6 Å². The molecule has 0 amide bonds. The van der Waals surface area contributed by atoms with Crippen LogP contribution in [0, 0.1) is 0 Å². The summed E-state index contributed by atoms with van der Waals surface area (Å²) in [5, 5.41) is 4.45. The minimum atomic E-state index is 0.400. The van der Waals surface area contributed by atoms with Crippen molar-refractivity contribution in [1.29, 1.82) is 0 Å². The monoisotopic (exact) mass is 355 g/mol. The standard InChI is InChI=1S/C20H25N3O3/c1-3-10-23-18(8-9-22-23)16-7-5-4-6-15(16)14-26-20-12-21-11-19(25-2)17(20)13-24/h8-9,11-13H,3-7,10,14H2,1-2H3. The zero-order valence-electron chi connectivity index (χ0n) is 15.4. The van der Waals surface area contributed by atoms with Gasteiger partial charge in [-0.25, -0.2) is 0 Å². The molecule has 3 rings (SSSR count). The minimum absolute atomic E-state index is 0.400. The molecule has 0 spiro atoms. The van der Waals surface area contributed by atoms with Crippen molar-refractivity contribution in [1.82, 2.24) is 14.8 Å². The normalized spacial score (nSPS) is 14.4. The van der Waals surface area contributed by atoms with Crippen LogP contribution >= 0.6 is 0 Å². The SMILES string of the molecule is CCCn1nccc1C1=C(COc2cncc(OC)c2C=O)CCCC1. The predicted octanol–water partition coefficient (Wildman–Crippen LogP) is 3.92. The van der Waals surface area contributed by atoms with Crippen molar-refractivity contribution in [2.75, 3.05) is 13.7 Å². The number of aldehydes is 1. The van der Waals surface area contributed by atoms with Crippen molar-refractivity contribution < 1.29 is 14.3 Å². The van der Waals surface area contributed by atoms with Gasteiger partial charge < -0.3 is 9.47 Å². The second kappa shape index (κ2) is 8.65. The van der Waals surface area contributed by atoms with Gasteiger partial charge in [0.05, 0.1) is 25.2 Å². The molecule has 0 N–H and O–H groups in total. The number of hydrogen-bond acceptors (Lipinski definition) is 5. The lowest BCUT2D eigenvalue weighted by Crippen LogP contribution is -2.12. The van der Waals surface area contributed by atoms with Gasteiger partial charge >= 0.3 is 0 Å². The molecule has 1 aliphatic rings. The van der Waals surface area contributed by atoms with E-state index >= 15 is 0 Å². The Morgan fingerprint density at radius 3 is 2.81 bits per heavy atom. The van der Waals surface area contributed by atoms with Crippen molar-refractivity contribution in [3.05, 3.63) is 41.5 Å². The summed E-state index contributed by atoms with van der Waals surface area (Å²) in [6.07, 6.45) is 11.1. The van der Waals surface area contributed by atoms with E-state index in [9.17, 15) is 4.79 Å². The molecule has 2 aromatic heterocycles. The number of pyridine rings is 1. The summed E-state index contributed by atoms with van der Waals surface area (Å²) in [7, 11) is 1.52. The number of ether oxygens (including phenoxy) is 2. The molecule has 6 heteroatoms. The second-order valence-electron chi connectivity index (χ2n) is 6.39. The highest BCUT2D eigenvalue weighted by Crippen LogP contribution is 2.33. The molecule has 2 aromatic rings. The largest absolute Gasteiger partial charge is 0.494 e. The molecule has 0 radical (unpaired) electrons. The van der Waals surface area contributed by atoms with Gasteiger partial charge in [-0.05, 0) is 49.3 Å². The topological polar surface area (TPSA) is 66.2 Å². The van der Waals surface area contributed by atoms with Gasteiger partial charge in [-0.1, -0.05) is 6.92 Å². The first-order chi connectivity index (χ1) is 12.8. The number of carbonyl (C=O) groups is 1. The Morgan fingerprint density at radius 2 is 2.04 bits per heavy atom. The van der Waals surface area contributed by atoms with E-state index in [2.05, 4.69) is 27.8 Å². The van der Waals surface area contributed by atoms with Gasteiger partial charge in [0.25, 0.3) is 0 Å². The third-order valence-electron chi connectivity index (χ3n) is 4.70. The molecule has 0 fully saturated rings. The van der Waals surface area contributed by atoms with Crippen LogP contribution in [0.2, 0.25) is 0 Å². The Hall–Kier alpha value is -2.63. The average Bonchev–Trinajstić information content (AvgIpc) is 3.14. The van der Waals surface area contributed by atoms with Crippen LogP contribution in [0.15, 0.2) is 30.2 Å². The van der Waals surface area contributed by atoms with E-state index in [4.69, 9.17) is 9.47 Å². The number of rotatable bonds is 8. The van der Waals surface area contributed by atoms with Gasteiger partial charge in [-0.3, -0.25) is 14.5 Å². The highest BCUT2D eigenvalue weighted by atomic mass is 16.5. The van der Waals surface area contributed by atoms with Crippen LogP contribution in [-0.4, -0.2) is 34.8 Å². The molecule has 138 valence electrons. The Morgan fingerprint density at radius 1 is 1.23 bits per heavy atom. The van der Waals surface area contributed by atoms with Gasteiger partial charge in [0.15, 0.2) is 17.8 Å². The lowest BCUT2D eigenvalue weighted by atomic mass is 9.90. The van der Waals surface area contributed by atoms with E-state index in [0.717, 1.165) is 38.5 Å². The zero-order chi connectivity index (χ0) is 18.4. The number of nitrogens with zero attached hydrogens (tertiary/aromatic N) is 3. The van der Waals surface area contributed by atoms with E-state index in [0.29, 0.717) is 23.7 Å². The van der Waals surface area contributed by atoms with Crippen LogP contribution < -0.4 is 9.47 Å². The summed E-state index contributed by atoms with van der Waals surface area (Å²) in [6.45, 7) is 3.51. The molecule has 0 unspecified atom stereocenters. The minimum Gasteiger partial charge on any atom is -0.494 e. The number of carbonyl (C=O) groups excluding carboxylic acids is 1. The fourth-order valence-corrected chi connectivity index (χ4v) is 3.41. The molecule has 2 heterocycles. The van der Waals surface area contributed by atoms with Crippen LogP contribution in [0.3, 0.4) is 0 Å². The van der Waals surface area contributed by atoms with E-state index in [1.807, 2.05) is 6.20 Å². The average molecular weight is 355 g/mol. The maximum Gasteiger partial charge on any atom is 0.157 e. The molecular formula is C20H25N3O3.